The van der Waals surface area contributed by atoms with Crippen LogP contribution in [0.25, 0.3) is 0 Å². The number of hydrogen-bond acceptors (Lipinski definition) is 2. The molecule has 4 N–H and O–H groups in total. The van der Waals surface area contributed by atoms with E-state index in [1.54, 1.807) is 12.1 Å². The average molecular weight is 253 g/mol. The van der Waals surface area contributed by atoms with E-state index in [2.05, 4.69) is 0 Å². The van der Waals surface area contributed by atoms with Crippen LogP contribution in [-0.2, 0) is 0 Å². The molecule has 15 heavy (non-hydrogen) atoms. The summed E-state index contributed by atoms with van der Waals surface area (Å²) in [6.45, 7) is 0.584. The van der Waals surface area contributed by atoms with Gasteiger partial charge in [-0.25, -0.2) is 4.39 Å². The smallest absolute Gasteiger partial charge is 0.142 e. The van der Waals surface area contributed by atoms with Gasteiger partial charge in [0, 0.05) is 6.04 Å². The van der Waals surface area contributed by atoms with Crippen LogP contribution < -0.4 is 11.5 Å². The lowest BCUT2D eigenvalue weighted by molar-refractivity contribution is 0.597. The molecular weight excluding hydrogens is 238 g/mol. The summed E-state index contributed by atoms with van der Waals surface area (Å²) in [6.07, 6.45) is 1.54. The van der Waals surface area contributed by atoms with Crippen molar-refractivity contribution in [1.82, 2.24) is 0 Å². The number of benzene rings is 1. The minimum absolute atomic E-state index is 0. The first-order chi connectivity index (χ1) is 6.66. The zero-order valence-electron chi connectivity index (χ0n) is 8.25. The van der Waals surface area contributed by atoms with Gasteiger partial charge in [0.15, 0.2) is 0 Å². The van der Waals surface area contributed by atoms with E-state index in [0.717, 1.165) is 12.8 Å². The van der Waals surface area contributed by atoms with E-state index >= 15 is 0 Å². The van der Waals surface area contributed by atoms with Crippen molar-refractivity contribution >= 4 is 24.0 Å². The first-order valence-electron chi connectivity index (χ1n) is 4.56. The van der Waals surface area contributed by atoms with Gasteiger partial charge in [-0.05, 0) is 31.0 Å². The van der Waals surface area contributed by atoms with Crippen molar-refractivity contribution in [3.8, 4) is 0 Å². The number of hydrogen-bond donors (Lipinski definition) is 2. The molecule has 1 rings (SSSR count). The summed E-state index contributed by atoms with van der Waals surface area (Å²) in [7, 11) is 0. The molecule has 0 saturated carbocycles. The molecule has 2 nitrogen and oxygen atoms in total. The quantitative estimate of drug-likeness (QED) is 0.866. The first kappa shape index (κ1) is 14.6. The molecule has 86 valence electrons. The highest BCUT2D eigenvalue weighted by atomic mass is 35.5. The van der Waals surface area contributed by atoms with Crippen LogP contribution >= 0.6 is 24.0 Å². The van der Waals surface area contributed by atoms with Gasteiger partial charge in [0.2, 0.25) is 0 Å². The Bertz CT molecular complexity index is 307. The molecule has 0 bridgehead atoms. The predicted molar refractivity (Wildman–Crippen MR) is 63.9 cm³/mol. The van der Waals surface area contributed by atoms with Crippen molar-refractivity contribution in [3.63, 3.8) is 0 Å². The van der Waals surface area contributed by atoms with Crippen LogP contribution in [0.15, 0.2) is 18.2 Å². The number of rotatable bonds is 4. The van der Waals surface area contributed by atoms with Crippen LogP contribution in [0.3, 0.4) is 0 Å². The first-order valence-corrected chi connectivity index (χ1v) is 4.94. The number of halogens is 3. The molecule has 1 aromatic rings. The molecule has 0 unspecified atom stereocenters. The highest BCUT2D eigenvalue weighted by Crippen LogP contribution is 2.26. The largest absolute Gasteiger partial charge is 0.330 e. The highest BCUT2D eigenvalue weighted by molar-refractivity contribution is 6.31. The summed E-state index contributed by atoms with van der Waals surface area (Å²) in [5.41, 5.74) is 11.9. The van der Waals surface area contributed by atoms with Crippen molar-refractivity contribution in [1.29, 1.82) is 0 Å². The lowest BCUT2D eigenvalue weighted by Gasteiger charge is -2.13. The Kier molecular flexibility index (Phi) is 6.85. The molecular formula is C10H15Cl2FN2. The topological polar surface area (TPSA) is 52.0 Å². The maximum atomic E-state index is 13.0. The second-order valence-corrected chi connectivity index (χ2v) is 3.56. The second kappa shape index (κ2) is 7.01. The van der Waals surface area contributed by atoms with Gasteiger partial charge in [-0.2, -0.15) is 0 Å². The molecule has 5 heteroatoms. The van der Waals surface area contributed by atoms with Crippen molar-refractivity contribution in [3.05, 3.63) is 34.6 Å². The third-order valence-electron chi connectivity index (χ3n) is 2.10. The van der Waals surface area contributed by atoms with Crippen molar-refractivity contribution in [2.75, 3.05) is 6.54 Å². The van der Waals surface area contributed by atoms with Crippen LogP contribution in [0.4, 0.5) is 4.39 Å². The Labute approximate surface area is 100 Å². The Hall–Kier alpha value is -0.350. The molecule has 0 radical (unpaired) electrons. The van der Waals surface area contributed by atoms with E-state index in [-0.39, 0.29) is 23.5 Å². The summed E-state index contributed by atoms with van der Waals surface area (Å²) in [5.74, 6) is -0.424. The van der Waals surface area contributed by atoms with Crippen molar-refractivity contribution < 1.29 is 4.39 Å². The van der Waals surface area contributed by atoms with Gasteiger partial charge in [0.05, 0.1) is 5.02 Å². The molecule has 0 aliphatic heterocycles. The summed E-state index contributed by atoms with van der Waals surface area (Å²) < 4.78 is 13.0. The molecule has 0 aliphatic carbocycles. The number of nitrogens with two attached hydrogens (primary N) is 2. The van der Waals surface area contributed by atoms with Crippen LogP contribution in [0.5, 0.6) is 0 Å². The van der Waals surface area contributed by atoms with E-state index in [0.29, 0.717) is 12.1 Å². The standard InChI is InChI=1S/C10H14ClFN2.ClH/c11-10-7(3-1-4-8(10)12)9(14)5-2-6-13;/h1,3-4,9H,2,5-6,13-14H2;1H/t9-;/m0./s1. The average Bonchev–Trinajstić information content (AvgIpc) is 2.18. The fourth-order valence-corrected chi connectivity index (χ4v) is 1.57. The van der Waals surface area contributed by atoms with E-state index in [4.69, 9.17) is 23.1 Å². The van der Waals surface area contributed by atoms with Crippen LogP contribution in [-0.4, -0.2) is 6.54 Å². The molecule has 0 amide bonds. The molecule has 0 saturated heterocycles. The van der Waals surface area contributed by atoms with Gasteiger partial charge in [0.25, 0.3) is 0 Å². The monoisotopic (exact) mass is 252 g/mol. The summed E-state index contributed by atoms with van der Waals surface area (Å²) in [6, 6.07) is 4.44. The lowest BCUT2D eigenvalue weighted by atomic mass is 10.0. The zero-order valence-corrected chi connectivity index (χ0v) is 9.82. The molecule has 0 aromatic heterocycles. The Balaban J connectivity index is 0.00000196. The van der Waals surface area contributed by atoms with Crippen molar-refractivity contribution in [2.45, 2.75) is 18.9 Å². The minimum atomic E-state index is -0.424. The molecule has 0 spiro atoms. The van der Waals surface area contributed by atoms with E-state index in [1.807, 2.05) is 0 Å². The molecule has 1 atom stereocenters. The van der Waals surface area contributed by atoms with Gasteiger partial charge >= 0.3 is 0 Å². The van der Waals surface area contributed by atoms with E-state index < -0.39 is 5.82 Å². The maximum absolute atomic E-state index is 13.0. The summed E-state index contributed by atoms with van der Waals surface area (Å²) in [5, 5.41) is 0.122. The van der Waals surface area contributed by atoms with Gasteiger partial charge in [0.1, 0.15) is 5.82 Å². The van der Waals surface area contributed by atoms with E-state index in [9.17, 15) is 4.39 Å². The fourth-order valence-electron chi connectivity index (χ4n) is 1.30. The lowest BCUT2D eigenvalue weighted by Crippen LogP contribution is -2.13. The van der Waals surface area contributed by atoms with Crippen molar-refractivity contribution in [2.24, 2.45) is 11.5 Å². The Morgan fingerprint density at radius 1 is 1.40 bits per heavy atom. The predicted octanol–water partition coefficient (Wildman–Crippen LogP) is 2.64. The summed E-state index contributed by atoms with van der Waals surface area (Å²) >= 11 is 5.78. The van der Waals surface area contributed by atoms with Crippen LogP contribution in [0.1, 0.15) is 24.4 Å². The van der Waals surface area contributed by atoms with Gasteiger partial charge in [-0.3, -0.25) is 0 Å². The fraction of sp³-hybridized carbons (Fsp3) is 0.400. The second-order valence-electron chi connectivity index (χ2n) is 3.18. The minimum Gasteiger partial charge on any atom is -0.330 e. The van der Waals surface area contributed by atoms with Gasteiger partial charge in [-0.15, -0.1) is 12.4 Å². The molecule has 0 aliphatic rings. The summed E-state index contributed by atoms with van der Waals surface area (Å²) in [4.78, 5) is 0. The normalized spacial score (nSPS) is 12.0. The third kappa shape index (κ3) is 3.95. The van der Waals surface area contributed by atoms with E-state index in [1.165, 1.54) is 6.07 Å². The van der Waals surface area contributed by atoms with Gasteiger partial charge < -0.3 is 11.5 Å². The SMILES string of the molecule is Cl.NCCC[C@H](N)c1cccc(F)c1Cl. The highest BCUT2D eigenvalue weighted by Gasteiger charge is 2.12. The van der Waals surface area contributed by atoms with Crippen LogP contribution in [0.2, 0.25) is 5.02 Å². The van der Waals surface area contributed by atoms with Crippen LogP contribution in [0, 0.1) is 5.82 Å². The van der Waals surface area contributed by atoms with Gasteiger partial charge in [-0.1, -0.05) is 23.7 Å². The molecule has 0 fully saturated rings. The maximum Gasteiger partial charge on any atom is 0.142 e. The third-order valence-corrected chi connectivity index (χ3v) is 2.50. The Morgan fingerprint density at radius 2 is 2.07 bits per heavy atom. The molecule has 1 aromatic carbocycles. The zero-order chi connectivity index (χ0) is 10.6. The Morgan fingerprint density at radius 3 is 2.67 bits per heavy atom. The molecule has 0 heterocycles.